The summed E-state index contributed by atoms with van der Waals surface area (Å²) in [5.74, 6) is 0. The third-order valence-corrected chi connectivity index (χ3v) is 3.24. The van der Waals surface area contributed by atoms with Gasteiger partial charge in [0.1, 0.15) is 0 Å². The van der Waals surface area contributed by atoms with Crippen molar-refractivity contribution in [1.29, 1.82) is 0 Å². The maximum absolute atomic E-state index is 5.78. The van der Waals surface area contributed by atoms with Crippen LogP contribution in [0.3, 0.4) is 0 Å². The lowest BCUT2D eigenvalue weighted by atomic mass is 10.1. The number of aryl methyl sites for hydroxylation is 2. The normalized spacial score (nSPS) is 20.2. The molecule has 0 amide bonds. The smallest absolute Gasteiger partial charge is 0.0720 e. The third kappa shape index (κ3) is 3.06. The second-order valence-electron chi connectivity index (χ2n) is 4.74. The van der Waals surface area contributed by atoms with E-state index >= 15 is 0 Å². The first-order valence-corrected chi connectivity index (χ1v) is 6.13. The minimum absolute atomic E-state index is 0.574. The topological polar surface area (TPSA) is 21.3 Å². The van der Waals surface area contributed by atoms with E-state index in [2.05, 4.69) is 37.4 Å². The molecule has 1 aliphatic heterocycles. The Morgan fingerprint density at radius 1 is 1.38 bits per heavy atom. The predicted molar refractivity (Wildman–Crippen MR) is 66.6 cm³/mol. The molecule has 0 aromatic heterocycles. The van der Waals surface area contributed by atoms with Gasteiger partial charge in [-0.2, -0.15) is 0 Å². The van der Waals surface area contributed by atoms with Crippen LogP contribution in [0.5, 0.6) is 0 Å². The van der Waals surface area contributed by atoms with E-state index in [4.69, 9.17) is 4.74 Å². The minimum Gasteiger partial charge on any atom is -0.375 e. The van der Waals surface area contributed by atoms with Crippen molar-refractivity contribution in [3.05, 3.63) is 34.9 Å². The molecule has 1 unspecified atom stereocenters. The Morgan fingerprint density at radius 2 is 2.25 bits per heavy atom. The first-order chi connectivity index (χ1) is 7.75. The summed E-state index contributed by atoms with van der Waals surface area (Å²) in [5, 5.41) is 3.44. The molecule has 0 radical (unpaired) electrons. The molecule has 2 nitrogen and oxygen atoms in total. The van der Waals surface area contributed by atoms with E-state index in [1.807, 2.05) is 0 Å². The largest absolute Gasteiger partial charge is 0.375 e. The monoisotopic (exact) mass is 219 g/mol. The van der Waals surface area contributed by atoms with Gasteiger partial charge >= 0.3 is 0 Å². The highest BCUT2D eigenvalue weighted by atomic mass is 16.5. The van der Waals surface area contributed by atoms with E-state index in [-0.39, 0.29) is 0 Å². The van der Waals surface area contributed by atoms with Crippen LogP contribution in [-0.4, -0.2) is 19.2 Å². The molecule has 1 N–H and O–H groups in total. The molecular weight excluding hydrogens is 198 g/mol. The molecule has 0 aliphatic carbocycles. The lowest BCUT2D eigenvalue weighted by Crippen LogP contribution is -2.26. The second-order valence-corrected chi connectivity index (χ2v) is 4.74. The molecule has 1 aliphatic rings. The first kappa shape index (κ1) is 11.6. The molecule has 0 bridgehead atoms. The number of benzene rings is 1. The van der Waals surface area contributed by atoms with Gasteiger partial charge in [0.25, 0.3) is 0 Å². The van der Waals surface area contributed by atoms with Crippen LogP contribution < -0.4 is 5.32 Å². The average molecular weight is 219 g/mol. The highest BCUT2D eigenvalue weighted by molar-refractivity contribution is 5.29. The lowest BCUT2D eigenvalue weighted by molar-refractivity contribution is 0.103. The van der Waals surface area contributed by atoms with Gasteiger partial charge in [0.2, 0.25) is 0 Å². The molecule has 2 rings (SSSR count). The SMILES string of the molecule is Cc1ccc(C)c(COCC2CCCN2)c1. The van der Waals surface area contributed by atoms with Crippen LogP contribution in [0.4, 0.5) is 0 Å². The molecule has 88 valence electrons. The quantitative estimate of drug-likeness (QED) is 0.840. The van der Waals surface area contributed by atoms with Gasteiger partial charge in [-0.25, -0.2) is 0 Å². The van der Waals surface area contributed by atoms with Crippen molar-refractivity contribution < 1.29 is 4.74 Å². The molecule has 1 saturated heterocycles. The summed E-state index contributed by atoms with van der Waals surface area (Å²) in [6, 6.07) is 7.11. The van der Waals surface area contributed by atoms with Gasteiger partial charge < -0.3 is 10.1 Å². The van der Waals surface area contributed by atoms with Gasteiger partial charge in [0.05, 0.1) is 13.2 Å². The van der Waals surface area contributed by atoms with E-state index < -0.39 is 0 Å². The van der Waals surface area contributed by atoms with E-state index in [1.165, 1.54) is 29.5 Å². The number of nitrogens with one attached hydrogen (secondary N) is 1. The van der Waals surface area contributed by atoms with E-state index in [0.29, 0.717) is 6.04 Å². The summed E-state index contributed by atoms with van der Waals surface area (Å²) in [7, 11) is 0. The van der Waals surface area contributed by atoms with Gasteiger partial charge in [0, 0.05) is 6.04 Å². The lowest BCUT2D eigenvalue weighted by Gasteiger charge is -2.12. The van der Waals surface area contributed by atoms with Crippen molar-refractivity contribution in [1.82, 2.24) is 5.32 Å². The Hall–Kier alpha value is -0.860. The summed E-state index contributed by atoms with van der Waals surface area (Å²) in [6.07, 6.45) is 2.55. The van der Waals surface area contributed by atoms with Crippen molar-refractivity contribution in [3.8, 4) is 0 Å². The molecule has 1 aromatic carbocycles. The van der Waals surface area contributed by atoms with Crippen LogP contribution in [0.1, 0.15) is 29.5 Å². The molecule has 1 heterocycles. The summed E-state index contributed by atoms with van der Waals surface area (Å²) in [5.41, 5.74) is 3.95. The Kier molecular flexibility index (Phi) is 3.97. The maximum atomic E-state index is 5.78. The zero-order chi connectivity index (χ0) is 11.4. The van der Waals surface area contributed by atoms with Crippen LogP contribution in [0.2, 0.25) is 0 Å². The van der Waals surface area contributed by atoms with Crippen LogP contribution in [-0.2, 0) is 11.3 Å². The molecule has 1 aromatic rings. The van der Waals surface area contributed by atoms with Crippen molar-refractivity contribution in [2.45, 2.75) is 39.3 Å². The summed E-state index contributed by atoms with van der Waals surface area (Å²) in [4.78, 5) is 0. The highest BCUT2D eigenvalue weighted by Gasteiger charge is 2.13. The molecule has 1 atom stereocenters. The van der Waals surface area contributed by atoms with E-state index in [0.717, 1.165) is 19.8 Å². The molecule has 1 fully saturated rings. The Balaban J connectivity index is 1.82. The van der Waals surface area contributed by atoms with Crippen molar-refractivity contribution in [2.24, 2.45) is 0 Å². The first-order valence-electron chi connectivity index (χ1n) is 6.13. The third-order valence-electron chi connectivity index (χ3n) is 3.24. The second kappa shape index (κ2) is 5.46. The van der Waals surface area contributed by atoms with Crippen LogP contribution in [0.15, 0.2) is 18.2 Å². The fourth-order valence-electron chi connectivity index (χ4n) is 2.17. The minimum atomic E-state index is 0.574. The summed E-state index contributed by atoms with van der Waals surface area (Å²) < 4.78 is 5.78. The van der Waals surface area contributed by atoms with Crippen molar-refractivity contribution >= 4 is 0 Å². The molecular formula is C14H21NO. The zero-order valence-corrected chi connectivity index (χ0v) is 10.3. The fraction of sp³-hybridized carbons (Fsp3) is 0.571. The number of rotatable bonds is 4. The predicted octanol–water partition coefficient (Wildman–Crippen LogP) is 2.57. The van der Waals surface area contributed by atoms with E-state index in [1.54, 1.807) is 0 Å². The van der Waals surface area contributed by atoms with Gasteiger partial charge in [-0.1, -0.05) is 23.8 Å². The van der Waals surface area contributed by atoms with Crippen LogP contribution >= 0.6 is 0 Å². The standard InChI is InChI=1S/C14H21NO/c1-11-5-6-12(2)13(8-11)9-16-10-14-4-3-7-15-14/h5-6,8,14-15H,3-4,7,9-10H2,1-2H3. The zero-order valence-electron chi connectivity index (χ0n) is 10.3. The molecule has 0 saturated carbocycles. The van der Waals surface area contributed by atoms with Crippen LogP contribution in [0, 0.1) is 13.8 Å². The van der Waals surface area contributed by atoms with Gasteiger partial charge in [-0.15, -0.1) is 0 Å². The fourth-order valence-corrected chi connectivity index (χ4v) is 2.17. The Labute approximate surface area is 98.0 Å². The molecule has 16 heavy (non-hydrogen) atoms. The Bertz CT molecular complexity index is 343. The Morgan fingerprint density at radius 3 is 3.00 bits per heavy atom. The number of hydrogen-bond acceptors (Lipinski definition) is 2. The highest BCUT2D eigenvalue weighted by Crippen LogP contribution is 2.13. The summed E-state index contributed by atoms with van der Waals surface area (Å²) in [6.45, 7) is 7.00. The van der Waals surface area contributed by atoms with Crippen LogP contribution in [0.25, 0.3) is 0 Å². The van der Waals surface area contributed by atoms with Gasteiger partial charge in [-0.05, 0) is 44.4 Å². The molecule has 2 heteroatoms. The number of ether oxygens (including phenoxy) is 1. The van der Waals surface area contributed by atoms with Crippen molar-refractivity contribution in [2.75, 3.05) is 13.2 Å². The van der Waals surface area contributed by atoms with E-state index in [9.17, 15) is 0 Å². The molecule has 0 spiro atoms. The van der Waals surface area contributed by atoms with Gasteiger partial charge in [0.15, 0.2) is 0 Å². The van der Waals surface area contributed by atoms with Gasteiger partial charge in [-0.3, -0.25) is 0 Å². The van der Waals surface area contributed by atoms with Crippen molar-refractivity contribution in [3.63, 3.8) is 0 Å². The maximum Gasteiger partial charge on any atom is 0.0720 e. The number of hydrogen-bond donors (Lipinski definition) is 1. The average Bonchev–Trinajstić information content (AvgIpc) is 2.76. The summed E-state index contributed by atoms with van der Waals surface area (Å²) >= 11 is 0.